The number of rotatable bonds is 12. The highest BCUT2D eigenvalue weighted by atomic mass is 32.2. The van der Waals surface area contributed by atoms with Crippen molar-refractivity contribution in [3.63, 3.8) is 0 Å². The second-order valence-electron chi connectivity index (χ2n) is 11.6. The van der Waals surface area contributed by atoms with E-state index < -0.39 is 30.4 Å². The summed E-state index contributed by atoms with van der Waals surface area (Å²) >= 11 is 0. The topological polar surface area (TPSA) is 251 Å². The fourth-order valence-corrected chi connectivity index (χ4v) is 7.41. The van der Waals surface area contributed by atoms with E-state index in [1.54, 1.807) is 36.4 Å². The Hall–Kier alpha value is -4.78. The average molecular weight is 783 g/mol. The molecule has 0 amide bonds. The molecule has 53 heavy (non-hydrogen) atoms. The molecule has 0 aliphatic heterocycles. The van der Waals surface area contributed by atoms with Crippen molar-refractivity contribution in [2.45, 2.75) is 41.6 Å². The maximum Gasteiger partial charge on any atom is 0.200 e. The van der Waals surface area contributed by atoms with Crippen LogP contribution in [0.3, 0.4) is 0 Å². The molecule has 0 heterocycles. The van der Waals surface area contributed by atoms with Crippen LogP contribution in [0.2, 0.25) is 0 Å². The number of hydrogen-bond donors (Lipinski definition) is 2. The summed E-state index contributed by atoms with van der Waals surface area (Å²) in [5.41, 5.74) is 5.34. The van der Waals surface area contributed by atoms with Crippen LogP contribution in [-0.4, -0.2) is 62.3 Å². The predicted octanol–water partition coefficient (Wildman–Crippen LogP) is 5.78. The quantitative estimate of drug-likeness (QED) is 0.129. The van der Waals surface area contributed by atoms with Crippen molar-refractivity contribution < 1.29 is 43.5 Å². The number of anilines is 1. The molecule has 1 aliphatic rings. The van der Waals surface area contributed by atoms with Gasteiger partial charge in [-0.2, -0.15) is 0 Å². The van der Waals surface area contributed by atoms with Gasteiger partial charge in [0.05, 0.1) is 14.7 Å². The van der Waals surface area contributed by atoms with E-state index in [1.807, 2.05) is 71.9 Å². The third-order valence-electron chi connectivity index (χ3n) is 8.40. The molecule has 0 aromatic heterocycles. The van der Waals surface area contributed by atoms with Gasteiger partial charge in [0.1, 0.15) is 36.9 Å². The summed E-state index contributed by atoms with van der Waals surface area (Å²) in [6, 6.07) is 25.0. The van der Waals surface area contributed by atoms with Gasteiger partial charge >= 0.3 is 0 Å². The fourth-order valence-electron chi connectivity index (χ4n) is 5.78. The standard InChI is InChI=1S/C37H36N2O9S3.2H3N/c1-3-38(25-27-9-21-33(22-10-27)49(40,41)42)31-17-13-29(14-18-31)37(35-7-5-6-8-36(35)51(46,47)48)30-15-19-32(20-16-30)39(4-2)26-28-11-23-34(24-12-28)50(43,44)45;;/h5-24H,3-4,25-26H2,1-2H3,(H2-,40,41,42,43,44,45,46,47,48);2*1H3. The van der Waals surface area contributed by atoms with E-state index in [2.05, 4.69) is 0 Å². The summed E-state index contributed by atoms with van der Waals surface area (Å²) in [5, 5.41) is 0. The molecule has 1 aliphatic carbocycles. The van der Waals surface area contributed by atoms with Gasteiger partial charge < -0.3 is 30.9 Å². The molecular formula is C37H42N4O9S3. The number of allylic oxidation sites excluding steroid dienone is 5. The van der Waals surface area contributed by atoms with Gasteiger partial charge in [0, 0.05) is 42.1 Å². The second kappa shape index (κ2) is 17.4. The Labute approximate surface area is 310 Å². The minimum absolute atomic E-state index is 0. The maximum atomic E-state index is 12.4. The smallest absolute Gasteiger partial charge is 0.200 e. The van der Waals surface area contributed by atoms with Gasteiger partial charge in [0.25, 0.3) is 0 Å². The largest absolute Gasteiger partial charge is 0.744 e. The SMILES string of the molecule is CCN(Cc1ccc(S(=O)(=O)[O-])cc1)c1ccc(C(=C2C=CC(=[N+](CC)Cc3ccc(S(=O)(=O)[O-])cc3)C=C2)c2ccccc2S(=O)(=O)[O-])cc1.[NH4+].[NH4+]. The molecule has 0 fully saturated rings. The van der Waals surface area contributed by atoms with Crippen molar-refractivity contribution in [3.05, 3.63) is 149 Å². The molecule has 0 unspecified atom stereocenters. The summed E-state index contributed by atoms with van der Waals surface area (Å²) in [5.74, 6) is 0. The third kappa shape index (κ3) is 10.4. The van der Waals surface area contributed by atoms with Crippen LogP contribution in [0.25, 0.3) is 5.57 Å². The molecule has 8 N–H and O–H groups in total. The third-order valence-corrected chi connectivity index (χ3v) is 11.0. The lowest BCUT2D eigenvalue weighted by Crippen LogP contribution is -2.22. The highest BCUT2D eigenvalue weighted by Gasteiger charge is 2.20. The van der Waals surface area contributed by atoms with Crippen molar-refractivity contribution in [3.8, 4) is 0 Å². The van der Waals surface area contributed by atoms with E-state index >= 15 is 0 Å². The normalized spacial score (nSPS) is 12.8. The van der Waals surface area contributed by atoms with Crippen LogP contribution in [-0.2, 0) is 43.4 Å². The van der Waals surface area contributed by atoms with Crippen LogP contribution in [0.15, 0.2) is 142 Å². The van der Waals surface area contributed by atoms with Gasteiger partial charge in [-0.25, -0.2) is 29.8 Å². The molecular weight excluding hydrogens is 741 g/mol. The first-order valence-corrected chi connectivity index (χ1v) is 20.0. The van der Waals surface area contributed by atoms with Crippen LogP contribution in [0.5, 0.6) is 0 Å². The van der Waals surface area contributed by atoms with E-state index in [9.17, 15) is 38.9 Å². The number of quaternary nitrogens is 2. The summed E-state index contributed by atoms with van der Waals surface area (Å²) in [4.78, 5) is 1.08. The summed E-state index contributed by atoms with van der Waals surface area (Å²) in [6.45, 7) is 5.99. The summed E-state index contributed by atoms with van der Waals surface area (Å²) in [7, 11) is -14.0. The van der Waals surface area contributed by atoms with Crippen molar-refractivity contribution in [2.24, 2.45) is 0 Å². The molecule has 0 radical (unpaired) electrons. The van der Waals surface area contributed by atoms with E-state index in [4.69, 9.17) is 0 Å². The van der Waals surface area contributed by atoms with E-state index in [1.165, 1.54) is 36.4 Å². The number of hydrogen-bond acceptors (Lipinski definition) is 10. The second-order valence-corrected chi connectivity index (χ2v) is 15.8. The van der Waals surface area contributed by atoms with Crippen molar-refractivity contribution in [1.29, 1.82) is 0 Å². The van der Waals surface area contributed by atoms with E-state index in [0.717, 1.165) is 22.5 Å². The summed E-state index contributed by atoms with van der Waals surface area (Å²) in [6.07, 6.45) is 7.43. The minimum atomic E-state index is -4.84. The van der Waals surface area contributed by atoms with Crippen LogP contribution in [0.1, 0.15) is 36.1 Å². The van der Waals surface area contributed by atoms with Gasteiger partial charge in [-0.1, -0.05) is 54.6 Å². The minimum Gasteiger partial charge on any atom is -0.744 e. The molecule has 0 bridgehead atoms. The van der Waals surface area contributed by atoms with Gasteiger partial charge in [0.15, 0.2) is 12.3 Å². The van der Waals surface area contributed by atoms with Gasteiger partial charge in [-0.3, -0.25) is 0 Å². The molecule has 282 valence electrons. The fraction of sp³-hybridized carbons (Fsp3) is 0.162. The van der Waals surface area contributed by atoms with Crippen molar-refractivity contribution in [2.75, 3.05) is 18.0 Å². The van der Waals surface area contributed by atoms with E-state index in [0.29, 0.717) is 42.9 Å². The Morgan fingerprint density at radius 2 is 1.13 bits per heavy atom. The Bertz CT molecular complexity index is 2370. The Kier molecular flexibility index (Phi) is 14.0. The molecule has 0 saturated heterocycles. The lowest BCUT2D eigenvalue weighted by molar-refractivity contribution is -0.539. The molecule has 5 rings (SSSR count). The lowest BCUT2D eigenvalue weighted by Gasteiger charge is -2.24. The lowest BCUT2D eigenvalue weighted by atomic mass is 9.90. The van der Waals surface area contributed by atoms with Crippen LogP contribution < -0.4 is 17.2 Å². The summed E-state index contributed by atoms with van der Waals surface area (Å²) < 4.78 is 107. The van der Waals surface area contributed by atoms with E-state index in [-0.39, 0.29) is 32.6 Å². The molecule has 4 aromatic carbocycles. The highest BCUT2D eigenvalue weighted by Crippen LogP contribution is 2.35. The molecule has 16 heteroatoms. The molecule has 0 saturated carbocycles. The highest BCUT2D eigenvalue weighted by molar-refractivity contribution is 7.86. The van der Waals surface area contributed by atoms with Gasteiger partial charge in [-0.05, 0) is 90.7 Å². The molecule has 0 atom stereocenters. The van der Waals surface area contributed by atoms with Crippen LogP contribution >= 0.6 is 0 Å². The van der Waals surface area contributed by atoms with Crippen molar-refractivity contribution in [1.82, 2.24) is 12.3 Å². The van der Waals surface area contributed by atoms with Gasteiger partial charge in [0.2, 0.25) is 0 Å². The zero-order valence-electron chi connectivity index (χ0n) is 29.7. The first kappa shape index (κ1) is 42.6. The molecule has 0 spiro atoms. The first-order chi connectivity index (χ1) is 24.1. The van der Waals surface area contributed by atoms with Crippen LogP contribution in [0.4, 0.5) is 5.69 Å². The monoisotopic (exact) mass is 782 g/mol. The van der Waals surface area contributed by atoms with Crippen molar-refractivity contribution >= 4 is 47.3 Å². The Morgan fingerprint density at radius 1 is 0.623 bits per heavy atom. The number of nitrogens with zero attached hydrogens (tertiary/aromatic N) is 2. The predicted molar refractivity (Wildman–Crippen MR) is 202 cm³/mol. The van der Waals surface area contributed by atoms with Gasteiger partial charge in [-0.15, -0.1) is 0 Å². The number of benzene rings is 4. The zero-order chi connectivity index (χ0) is 37.0. The Morgan fingerprint density at radius 3 is 1.60 bits per heavy atom. The zero-order valence-corrected chi connectivity index (χ0v) is 32.1. The molecule has 13 nitrogen and oxygen atoms in total. The maximum absolute atomic E-state index is 12.4. The Balaban J connectivity index is 0.00000378. The average Bonchev–Trinajstić information content (AvgIpc) is 3.10. The first-order valence-electron chi connectivity index (χ1n) is 15.8. The molecule has 4 aromatic rings. The van der Waals surface area contributed by atoms with Crippen LogP contribution in [0, 0.1) is 0 Å².